The molecule has 11 aromatic heterocycles. The highest BCUT2D eigenvalue weighted by atomic mass is 127. The third-order valence-electron chi connectivity index (χ3n) is 19.9. The van der Waals surface area contributed by atoms with E-state index in [-0.39, 0.29) is 27.8 Å². The second kappa shape index (κ2) is 53.2. The van der Waals surface area contributed by atoms with E-state index in [4.69, 9.17) is 47.1 Å². The maximum absolute atomic E-state index is 11.9. The van der Waals surface area contributed by atoms with E-state index in [2.05, 4.69) is 216 Å². The van der Waals surface area contributed by atoms with Crippen molar-refractivity contribution in [2.75, 3.05) is 79.9 Å². The second-order valence-corrected chi connectivity index (χ2v) is 35.1. The molecule has 0 aliphatic rings. The number of fused-ring (bicyclic) bond motifs is 15. The molecule has 18 aromatic rings. The van der Waals surface area contributed by atoms with Crippen LogP contribution in [-0.2, 0) is 63.7 Å². The molecule has 0 aliphatic heterocycles. The molecular formula is C93H100Br7ClI2N20O12. The van der Waals surface area contributed by atoms with Crippen LogP contribution in [0.3, 0.4) is 0 Å². The Kier molecular flexibility index (Phi) is 43.2. The van der Waals surface area contributed by atoms with Crippen molar-refractivity contribution in [1.82, 2.24) is 72.7 Å². The molecule has 0 bridgehead atoms. The Bertz CT molecular complexity index is 7190. The number of nitrogen functional groups attached to an aromatic ring is 1. The van der Waals surface area contributed by atoms with Crippen LogP contribution in [0, 0.1) is 34.1 Å². The summed E-state index contributed by atoms with van der Waals surface area (Å²) in [5.74, 6) is 1.16. The summed E-state index contributed by atoms with van der Waals surface area (Å²) in [7, 11) is 12.9. The van der Waals surface area contributed by atoms with Gasteiger partial charge in [0, 0.05) is 166 Å². The fourth-order valence-electron chi connectivity index (χ4n) is 13.8. The maximum Gasteiger partial charge on any atom is 0.328 e. The Morgan fingerprint density at radius 2 is 0.770 bits per heavy atom. The number of nitrogens with zero attached hydrogens (tertiary/aromatic N) is 16. The molecule has 0 fully saturated rings. The first-order chi connectivity index (χ1) is 65.0. The first-order valence-corrected chi connectivity index (χ1v) is 50.9. The third-order valence-corrected chi connectivity index (χ3v) is 23.8. The number of anilines is 3. The van der Waals surface area contributed by atoms with Crippen LogP contribution in [0.15, 0.2) is 212 Å². The monoisotopic (exact) mass is 2530 g/mol. The highest BCUT2D eigenvalue weighted by molar-refractivity contribution is 14.1. The summed E-state index contributed by atoms with van der Waals surface area (Å²) in [4.78, 5) is 87.8. The number of rotatable bonds is 16. The number of H-pyrrole nitrogens is 1. The Balaban J connectivity index is 0.000000188. The van der Waals surface area contributed by atoms with Crippen LogP contribution in [0.1, 0.15) is 61.5 Å². The average molecular weight is 2540 g/mol. The largest absolute Gasteiger partial charge is 0.396 e. The van der Waals surface area contributed by atoms with Gasteiger partial charge in [0.25, 0.3) is 12.4 Å². The minimum atomic E-state index is -0.849. The Morgan fingerprint density at radius 3 is 1.15 bits per heavy atom. The standard InChI is InChI=1S/C12H10BrN3O.2C12H10BrN3.C11H8BrN3O.C10H8BrN3O2.C10H10BrN3.C9H4BrClN2O2.C8H18O3.C7H16O3.2CH3I/c1-15-10-6-14-9-4-3-7(13)5-8(9)11(10)16(2)12(15)17;2*1-7-15-11-6-14-10-4-3-8(13)5-9(10)12(11)16(7)2;1-15-10-7-4-6(12)2-3-8(7)13-5-9(10)14-11(15)16;1-12-10-7-4-6(11)2-3-8(7)13-5-9(10)14(15)16;1-13-10-7-4-6(11)2-3-9(7)14-5-8(10)12;10-5-1-2-7-6(3-5)9(11)8(4-12-7)13(14)15;1-5-9-8(4,10-6-2)11-7-3;1-4-8-7(9-5-2)10-6-3;2*1-2/h3-6H,1-2H3;2*3-6H,1-2H3;2-5H,1H3,(H,14,16);2-5H,1H3,(H,12,13);2-5H,12H2,1H3,(H,13,14);1-4H;5-7H2,1-4H3;7H,4-6H2,1-3H3;2*1H3/i;;;;;;;;;1D;. The molecule has 11 heterocycles. The van der Waals surface area contributed by atoms with Gasteiger partial charge >= 0.3 is 22.8 Å². The van der Waals surface area contributed by atoms with Crippen molar-refractivity contribution in [1.29, 1.82) is 0 Å². The maximum atomic E-state index is 11.9. The molecule has 0 aliphatic carbocycles. The van der Waals surface area contributed by atoms with Gasteiger partial charge in [-0.25, -0.2) is 29.5 Å². The molecule has 0 radical (unpaired) electrons. The number of pyridine rings is 7. The van der Waals surface area contributed by atoms with Crippen molar-refractivity contribution < 1.29 is 39.6 Å². The van der Waals surface area contributed by atoms with Gasteiger partial charge in [0.05, 0.1) is 124 Å². The molecule has 7 aromatic carbocycles. The van der Waals surface area contributed by atoms with Gasteiger partial charge in [0.15, 0.2) is 0 Å². The van der Waals surface area contributed by atoms with Gasteiger partial charge in [0.1, 0.15) is 45.8 Å². The summed E-state index contributed by atoms with van der Waals surface area (Å²) in [5, 5.41) is 34.0. The van der Waals surface area contributed by atoms with Gasteiger partial charge in [-0.3, -0.25) is 58.8 Å². The number of hydrogen-bond acceptors (Lipinski definition) is 24. The van der Waals surface area contributed by atoms with Crippen LogP contribution in [0.4, 0.5) is 28.4 Å². The second-order valence-electron chi connectivity index (χ2n) is 28.3. The lowest BCUT2D eigenvalue weighted by molar-refractivity contribution is -0.384. The first-order valence-electron chi connectivity index (χ1n) is 42.0. The van der Waals surface area contributed by atoms with E-state index in [0.29, 0.717) is 66.8 Å². The smallest absolute Gasteiger partial charge is 0.328 e. The van der Waals surface area contributed by atoms with Gasteiger partial charge in [-0.2, -0.15) is 0 Å². The van der Waals surface area contributed by atoms with E-state index in [1.54, 1.807) is 91.7 Å². The Labute approximate surface area is 870 Å². The highest BCUT2D eigenvalue weighted by Gasteiger charge is 2.25. The molecule has 0 amide bonds. The number of nitrogens with one attached hydrogen (secondary N) is 3. The fraction of sp³-hybridized carbons (Fsp3) is 0.280. The van der Waals surface area contributed by atoms with Gasteiger partial charge in [-0.15, -0.1) is 0 Å². The van der Waals surface area contributed by atoms with Crippen molar-refractivity contribution in [3.05, 3.63) is 260 Å². The summed E-state index contributed by atoms with van der Waals surface area (Å²) in [6.45, 7) is 20.4. The predicted molar refractivity (Wildman–Crippen MR) is 587 cm³/mol. The van der Waals surface area contributed by atoms with Crippen LogP contribution in [0.5, 0.6) is 0 Å². The number of hydrogen-bond donors (Lipinski definition) is 4. The normalized spacial score (nSPS) is 10.9. The van der Waals surface area contributed by atoms with Crippen molar-refractivity contribution in [3.63, 3.8) is 0 Å². The molecule has 5 N–H and O–H groups in total. The zero-order chi connectivity index (χ0) is 100. The number of nitrogens with two attached hydrogens (primary N) is 1. The zero-order valence-corrected chi connectivity index (χ0v) is 92.8. The molecule has 714 valence electrons. The number of halogens is 10. The van der Waals surface area contributed by atoms with E-state index >= 15 is 0 Å². The van der Waals surface area contributed by atoms with Crippen molar-refractivity contribution in [3.8, 4) is 0 Å². The van der Waals surface area contributed by atoms with E-state index in [1.165, 1.54) is 12.4 Å². The van der Waals surface area contributed by atoms with Gasteiger partial charge in [-0.05, 0) is 193 Å². The van der Waals surface area contributed by atoms with Crippen molar-refractivity contribution in [2.24, 2.45) is 35.2 Å². The quantitative estimate of drug-likeness (QED) is 0.0229. The summed E-state index contributed by atoms with van der Waals surface area (Å²) in [5.41, 5.74) is 21.2. The van der Waals surface area contributed by atoms with E-state index in [1.807, 2.05) is 207 Å². The Morgan fingerprint density at radius 1 is 0.452 bits per heavy atom. The minimum absolute atomic E-state index is 0.0203. The molecule has 32 nitrogen and oxygen atoms in total. The summed E-state index contributed by atoms with van der Waals surface area (Å²) >= 11 is 33.9. The SMILES string of the molecule is CCOC(C)(OCC)OCC.CCOC(OCC)OCC.CI.CNc1c(N)cnc2ccc(Br)cc12.CNc1c([N+](=O)[O-])cnc2ccc(Br)cc12.Cc1nc2cnc3ccc(Br)cc3c2n1C.Cc1nc2cnc3ccc(Br)cc3c2n1C.Cn1c(=O)[nH]c2cnc3ccc(Br)cc3c21.Cn1c(=O)n(C)c2c3cc(Br)ccc3ncc21.O=[N+]([O-])c1cnc2ccc(Br)cc2c1Cl.[2H]CI. The molecule has 0 saturated carbocycles. The topological polar surface area (TPSA) is 382 Å². The van der Waals surface area contributed by atoms with Crippen LogP contribution < -0.4 is 27.7 Å². The van der Waals surface area contributed by atoms with Crippen molar-refractivity contribution in [2.45, 2.75) is 74.8 Å². The first kappa shape index (κ1) is 110. The highest BCUT2D eigenvalue weighted by Crippen LogP contribution is 2.37. The zero-order valence-electron chi connectivity index (χ0n) is 77.6. The van der Waals surface area contributed by atoms with Crippen LogP contribution in [0.2, 0.25) is 5.02 Å². The van der Waals surface area contributed by atoms with Crippen molar-refractivity contribution >= 4 is 317 Å². The van der Waals surface area contributed by atoms with Gasteiger partial charge in [-0.1, -0.05) is 168 Å². The van der Waals surface area contributed by atoms with Crippen LogP contribution >= 0.6 is 168 Å². The number of aryl methyl sites for hydroxylation is 7. The lowest BCUT2D eigenvalue weighted by Gasteiger charge is -2.27. The molecule has 18 rings (SSSR count). The van der Waals surface area contributed by atoms with E-state index in [0.717, 1.165) is 158 Å². The number of imidazole rings is 4. The molecule has 0 atom stereocenters. The fourth-order valence-corrected chi connectivity index (χ4v) is 16.6. The number of nitro groups is 2. The molecule has 42 heteroatoms. The number of aromatic nitrogens is 15. The van der Waals surface area contributed by atoms with E-state index in [9.17, 15) is 29.8 Å². The van der Waals surface area contributed by atoms with Crippen LogP contribution in [0.25, 0.3) is 120 Å². The van der Waals surface area contributed by atoms with E-state index < -0.39 is 22.3 Å². The summed E-state index contributed by atoms with van der Waals surface area (Å²) in [6.07, 6.45) is 11.2. The number of alkyl halides is 2. The van der Waals surface area contributed by atoms with Crippen LogP contribution in [-0.4, -0.2) is 159 Å². The minimum Gasteiger partial charge on any atom is -0.396 e. The Hall–Kier alpha value is -9.04. The lowest BCUT2D eigenvalue weighted by Crippen LogP contribution is -2.35. The number of aromatic amines is 1. The lowest BCUT2D eigenvalue weighted by atomic mass is 10.1. The molecule has 0 saturated heterocycles. The molecule has 0 spiro atoms. The van der Waals surface area contributed by atoms with Gasteiger partial charge in [0.2, 0.25) is 0 Å². The summed E-state index contributed by atoms with van der Waals surface area (Å²) in [6, 6.07) is 40.6. The third kappa shape index (κ3) is 28.4. The molecule has 0 unspecified atom stereocenters. The molecule has 135 heavy (non-hydrogen) atoms. The summed E-state index contributed by atoms with van der Waals surface area (Å²) < 4.78 is 53.1. The molecular weight excluding hydrogens is 2440 g/mol. The predicted octanol–water partition coefficient (Wildman–Crippen LogP) is 25.1. The number of benzene rings is 7. The number of ether oxygens (including phenoxy) is 6. The average Bonchev–Trinajstić information content (AvgIpc) is 1.62. The van der Waals surface area contributed by atoms with Gasteiger partial charge < -0.3 is 58.9 Å².